The van der Waals surface area contributed by atoms with Gasteiger partial charge in [0, 0.05) is 13.2 Å². The molecule has 0 fully saturated rings. The van der Waals surface area contributed by atoms with Gasteiger partial charge in [-0.25, -0.2) is 0 Å². The highest BCUT2D eigenvalue weighted by atomic mass is 16.3. The average Bonchev–Trinajstić information content (AvgIpc) is 2.96. The van der Waals surface area contributed by atoms with Gasteiger partial charge in [-0.1, -0.05) is 140 Å². The number of unbranched alkanes of at least 4 members (excludes halogenated alkanes) is 24. The van der Waals surface area contributed by atoms with Crippen molar-refractivity contribution in [3.63, 3.8) is 0 Å². The molecule has 0 spiro atoms. The Morgan fingerprint density at radius 3 is 0.800 bits per heavy atom. The lowest BCUT2D eigenvalue weighted by Gasteiger charge is -2.10. The van der Waals surface area contributed by atoms with Crippen LogP contribution in [-0.2, 0) is 0 Å². The summed E-state index contributed by atoms with van der Waals surface area (Å²) in [6.45, 7) is 0.697. The first-order valence-corrected chi connectivity index (χ1v) is 18.0. The van der Waals surface area contributed by atoms with Crippen molar-refractivity contribution in [2.45, 2.75) is 199 Å². The number of aliphatic hydroxyl groups is 3. The minimum absolute atomic E-state index is 0.0728. The highest BCUT2D eigenvalue weighted by molar-refractivity contribution is 4.82. The van der Waals surface area contributed by atoms with E-state index in [0.29, 0.717) is 13.2 Å². The normalized spacial score (nSPS) is 12.1. The summed E-state index contributed by atoms with van der Waals surface area (Å²) < 4.78 is 0. The first-order valence-electron chi connectivity index (χ1n) is 18.0. The van der Waals surface area contributed by atoms with E-state index in [-0.39, 0.29) is 6.10 Å². The van der Waals surface area contributed by atoms with Crippen LogP contribution in [0.15, 0.2) is 24.3 Å². The molecule has 0 bridgehead atoms. The molecule has 0 rings (SSSR count). The van der Waals surface area contributed by atoms with Gasteiger partial charge in [-0.3, -0.25) is 0 Å². The smallest absolute Gasteiger partial charge is 0.0540 e. The van der Waals surface area contributed by atoms with Gasteiger partial charge in [0.15, 0.2) is 0 Å². The van der Waals surface area contributed by atoms with E-state index in [4.69, 9.17) is 10.2 Å². The van der Waals surface area contributed by atoms with Crippen LogP contribution in [0.3, 0.4) is 0 Å². The predicted molar refractivity (Wildman–Crippen MR) is 177 cm³/mol. The van der Waals surface area contributed by atoms with Gasteiger partial charge in [0.2, 0.25) is 0 Å². The third-order valence-electron chi connectivity index (χ3n) is 8.21. The molecule has 0 aliphatic heterocycles. The quantitative estimate of drug-likeness (QED) is 0.0538. The van der Waals surface area contributed by atoms with Crippen molar-refractivity contribution in [3.8, 4) is 0 Å². The highest BCUT2D eigenvalue weighted by Gasteiger charge is 2.03. The molecule has 3 nitrogen and oxygen atoms in total. The van der Waals surface area contributed by atoms with E-state index in [1.54, 1.807) is 0 Å². The summed E-state index contributed by atoms with van der Waals surface area (Å²) in [6.07, 6.45) is 46.8. The van der Waals surface area contributed by atoms with Gasteiger partial charge in [-0.2, -0.15) is 0 Å². The van der Waals surface area contributed by atoms with Crippen molar-refractivity contribution in [3.05, 3.63) is 24.3 Å². The Hall–Kier alpha value is -0.640. The summed E-state index contributed by atoms with van der Waals surface area (Å²) in [6, 6.07) is 0. The number of rotatable bonds is 34. The van der Waals surface area contributed by atoms with E-state index >= 15 is 0 Å². The Kier molecular flexibility index (Phi) is 35.8. The van der Waals surface area contributed by atoms with E-state index in [1.165, 1.54) is 167 Å². The van der Waals surface area contributed by atoms with Crippen LogP contribution >= 0.6 is 0 Å². The van der Waals surface area contributed by atoms with Gasteiger partial charge in [0.25, 0.3) is 0 Å². The van der Waals surface area contributed by atoms with Crippen LogP contribution in [0.4, 0.5) is 0 Å². The molecule has 0 saturated carbocycles. The summed E-state index contributed by atoms with van der Waals surface area (Å²) in [5.74, 6) is 0. The van der Waals surface area contributed by atoms with Gasteiger partial charge >= 0.3 is 0 Å². The molecule has 238 valence electrons. The maximum Gasteiger partial charge on any atom is 0.0540 e. The molecular weight excluding hydrogens is 492 g/mol. The number of aliphatic hydroxyl groups excluding tert-OH is 3. The number of allylic oxidation sites excluding steroid dienone is 4. The zero-order valence-electron chi connectivity index (χ0n) is 26.9. The minimum atomic E-state index is -0.0728. The average molecular weight is 565 g/mol. The zero-order chi connectivity index (χ0) is 29.0. The Balaban J connectivity index is 3.22. The van der Waals surface area contributed by atoms with Crippen LogP contribution in [0.25, 0.3) is 0 Å². The second-order valence-electron chi connectivity index (χ2n) is 12.3. The molecule has 3 N–H and O–H groups in total. The lowest BCUT2D eigenvalue weighted by atomic mass is 10.0. The van der Waals surface area contributed by atoms with Crippen LogP contribution in [0.2, 0.25) is 0 Å². The van der Waals surface area contributed by atoms with Crippen molar-refractivity contribution in [1.29, 1.82) is 0 Å². The van der Waals surface area contributed by atoms with E-state index in [9.17, 15) is 5.11 Å². The van der Waals surface area contributed by atoms with Gasteiger partial charge in [-0.15, -0.1) is 0 Å². The van der Waals surface area contributed by atoms with Crippen LogP contribution in [0.5, 0.6) is 0 Å². The maximum atomic E-state index is 10.3. The van der Waals surface area contributed by atoms with Crippen molar-refractivity contribution in [1.82, 2.24) is 0 Å². The Morgan fingerprint density at radius 2 is 0.525 bits per heavy atom. The van der Waals surface area contributed by atoms with Crippen molar-refractivity contribution in [2.24, 2.45) is 0 Å². The Morgan fingerprint density at radius 1 is 0.300 bits per heavy atom. The SMILES string of the molecule is OCCCCCCCC/C=C\CCCCCCCCC(O)CCCCCCCC/C=C\CCCCCCCCO. The monoisotopic (exact) mass is 565 g/mol. The molecule has 0 aromatic carbocycles. The zero-order valence-corrected chi connectivity index (χ0v) is 26.9. The lowest BCUT2D eigenvalue weighted by molar-refractivity contribution is 0.147. The van der Waals surface area contributed by atoms with E-state index in [2.05, 4.69) is 24.3 Å². The largest absolute Gasteiger partial charge is 0.396 e. The topological polar surface area (TPSA) is 60.7 Å². The molecule has 0 radical (unpaired) electrons. The Bertz CT molecular complexity index is 458. The van der Waals surface area contributed by atoms with Crippen LogP contribution in [0, 0.1) is 0 Å². The van der Waals surface area contributed by atoms with Crippen LogP contribution in [-0.4, -0.2) is 34.6 Å². The highest BCUT2D eigenvalue weighted by Crippen LogP contribution is 2.15. The molecule has 0 saturated heterocycles. The Labute approximate surface area is 251 Å². The lowest BCUT2D eigenvalue weighted by Crippen LogP contribution is -2.05. The first-order chi connectivity index (χ1) is 19.8. The first kappa shape index (κ1) is 39.4. The van der Waals surface area contributed by atoms with E-state index < -0.39 is 0 Å². The van der Waals surface area contributed by atoms with Crippen LogP contribution in [0.1, 0.15) is 193 Å². The molecular formula is C37H72O3. The molecule has 0 atom stereocenters. The summed E-state index contributed by atoms with van der Waals surface area (Å²) in [5, 5.41) is 27.8. The van der Waals surface area contributed by atoms with Gasteiger partial charge in [0.1, 0.15) is 0 Å². The standard InChI is InChI=1S/C37H72O3/c38-35-31-27-23-19-15-11-7-3-1-5-9-13-17-21-25-29-33-37(40)34-30-26-22-18-14-10-6-2-4-8-12-16-20-24-28-32-36-39/h1-4,37-40H,5-36H2/b3-1-,4-2-. The molecule has 0 amide bonds. The third-order valence-corrected chi connectivity index (χ3v) is 8.21. The molecule has 0 aromatic heterocycles. The van der Waals surface area contributed by atoms with Gasteiger partial charge < -0.3 is 15.3 Å². The minimum Gasteiger partial charge on any atom is -0.396 e. The number of hydrogen-bond donors (Lipinski definition) is 3. The van der Waals surface area contributed by atoms with Crippen molar-refractivity contribution in [2.75, 3.05) is 13.2 Å². The van der Waals surface area contributed by atoms with Crippen LogP contribution < -0.4 is 0 Å². The molecule has 0 aliphatic carbocycles. The summed E-state index contributed by atoms with van der Waals surface area (Å²) in [7, 11) is 0. The molecule has 0 heterocycles. The molecule has 3 heteroatoms. The van der Waals surface area contributed by atoms with E-state index in [1.807, 2.05) is 0 Å². The van der Waals surface area contributed by atoms with Gasteiger partial charge in [-0.05, 0) is 77.0 Å². The summed E-state index contributed by atoms with van der Waals surface area (Å²) in [4.78, 5) is 0. The third kappa shape index (κ3) is 35.4. The maximum absolute atomic E-state index is 10.3. The fraction of sp³-hybridized carbons (Fsp3) is 0.892. The summed E-state index contributed by atoms with van der Waals surface area (Å²) >= 11 is 0. The van der Waals surface area contributed by atoms with Crippen molar-refractivity contribution < 1.29 is 15.3 Å². The second kappa shape index (κ2) is 36.4. The molecule has 0 aromatic rings. The summed E-state index contributed by atoms with van der Waals surface area (Å²) in [5.41, 5.74) is 0. The molecule has 0 unspecified atom stereocenters. The fourth-order valence-corrected chi connectivity index (χ4v) is 5.48. The predicted octanol–water partition coefficient (Wildman–Crippen LogP) is 11.1. The van der Waals surface area contributed by atoms with E-state index in [0.717, 1.165) is 25.7 Å². The molecule has 0 aliphatic rings. The number of hydrogen-bond acceptors (Lipinski definition) is 3. The van der Waals surface area contributed by atoms with Crippen molar-refractivity contribution >= 4 is 0 Å². The fourth-order valence-electron chi connectivity index (χ4n) is 5.48. The van der Waals surface area contributed by atoms with Gasteiger partial charge in [0.05, 0.1) is 6.10 Å². The second-order valence-corrected chi connectivity index (χ2v) is 12.3. The molecule has 40 heavy (non-hydrogen) atoms.